The molecule has 2 aliphatic rings. The van der Waals surface area contributed by atoms with Crippen molar-refractivity contribution in [3.05, 3.63) is 0 Å². The minimum absolute atomic E-state index is 0.207. The van der Waals surface area contributed by atoms with Crippen molar-refractivity contribution in [3.63, 3.8) is 0 Å². The van der Waals surface area contributed by atoms with Crippen LogP contribution in [0.15, 0.2) is 0 Å². The van der Waals surface area contributed by atoms with E-state index in [0.717, 1.165) is 45.4 Å². The number of hydrogen-bond acceptors (Lipinski definition) is 4. The lowest BCUT2D eigenvalue weighted by molar-refractivity contribution is -0.148. The van der Waals surface area contributed by atoms with Gasteiger partial charge in [-0.05, 0) is 45.2 Å². The molecule has 0 bridgehead atoms. The summed E-state index contributed by atoms with van der Waals surface area (Å²) in [5, 5.41) is 3.32. The summed E-state index contributed by atoms with van der Waals surface area (Å²) in [4.78, 5) is 14.7. The monoisotopic (exact) mass is 284 g/mol. The highest BCUT2D eigenvalue weighted by Gasteiger charge is 2.41. The standard InChI is InChI=1S/C15H28N2O3/c1-17(11-13-5-3-4-10-20-13)14(18)15(12-19-2)6-8-16-9-7-15/h13,16H,3-12H2,1-2H3. The van der Waals surface area contributed by atoms with Crippen LogP contribution >= 0.6 is 0 Å². The zero-order valence-electron chi connectivity index (χ0n) is 12.8. The maximum absolute atomic E-state index is 12.8. The van der Waals surface area contributed by atoms with E-state index in [0.29, 0.717) is 13.2 Å². The molecule has 2 fully saturated rings. The number of nitrogens with one attached hydrogen (secondary N) is 1. The van der Waals surface area contributed by atoms with Gasteiger partial charge in [0.2, 0.25) is 5.91 Å². The first-order valence-corrected chi connectivity index (χ1v) is 7.75. The van der Waals surface area contributed by atoms with E-state index in [4.69, 9.17) is 9.47 Å². The molecule has 1 atom stereocenters. The zero-order valence-corrected chi connectivity index (χ0v) is 12.8. The quantitative estimate of drug-likeness (QED) is 0.819. The van der Waals surface area contributed by atoms with Gasteiger partial charge in [0.05, 0.1) is 18.1 Å². The highest BCUT2D eigenvalue weighted by Crippen LogP contribution is 2.31. The summed E-state index contributed by atoms with van der Waals surface area (Å²) in [5.74, 6) is 0.218. The number of piperidine rings is 1. The molecule has 1 unspecified atom stereocenters. The van der Waals surface area contributed by atoms with E-state index in [1.807, 2.05) is 11.9 Å². The van der Waals surface area contributed by atoms with Gasteiger partial charge in [-0.3, -0.25) is 4.79 Å². The highest BCUT2D eigenvalue weighted by molar-refractivity contribution is 5.83. The topological polar surface area (TPSA) is 50.8 Å². The molecule has 0 aromatic carbocycles. The third kappa shape index (κ3) is 3.71. The molecule has 5 nitrogen and oxygen atoms in total. The lowest BCUT2D eigenvalue weighted by atomic mass is 9.78. The maximum atomic E-state index is 12.8. The van der Waals surface area contributed by atoms with Gasteiger partial charge in [0.15, 0.2) is 0 Å². The molecule has 5 heteroatoms. The van der Waals surface area contributed by atoms with Crippen molar-refractivity contribution in [2.75, 3.05) is 47.0 Å². The average molecular weight is 284 g/mol. The molecule has 2 saturated heterocycles. The van der Waals surface area contributed by atoms with Gasteiger partial charge in [0, 0.05) is 27.3 Å². The van der Waals surface area contributed by atoms with Gasteiger partial charge in [-0.1, -0.05) is 0 Å². The summed E-state index contributed by atoms with van der Waals surface area (Å²) in [6, 6.07) is 0. The molecule has 20 heavy (non-hydrogen) atoms. The lowest BCUT2D eigenvalue weighted by Gasteiger charge is -2.39. The molecule has 2 rings (SSSR count). The van der Waals surface area contributed by atoms with Crippen LogP contribution in [-0.2, 0) is 14.3 Å². The van der Waals surface area contributed by atoms with E-state index < -0.39 is 0 Å². The second-order valence-electron chi connectivity index (χ2n) is 6.14. The van der Waals surface area contributed by atoms with Crippen LogP contribution in [-0.4, -0.2) is 63.9 Å². The van der Waals surface area contributed by atoms with E-state index in [-0.39, 0.29) is 17.4 Å². The van der Waals surface area contributed by atoms with E-state index in [2.05, 4.69) is 5.32 Å². The molecular formula is C15H28N2O3. The van der Waals surface area contributed by atoms with Gasteiger partial charge in [0.25, 0.3) is 0 Å². The van der Waals surface area contributed by atoms with Gasteiger partial charge in [-0.2, -0.15) is 0 Å². The van der Waals surface area contributed by atoms with Crippen LogP contribution in [0.4, 0.5) is 0 Å². The summed E-state index contributed by atoms with van der Waals surface area (Å²) in [5.41, 5.74) is -0.344. The van der Waals surface area contributed by atoms with Crippen LogP contribution in [0.3, 0.4) is 0 Å². The fourth-order valence-corrected chi connectivity index (χ4v) is 3.35. The van der Waals surface area contributed by atoms with Gasteiger partial charge < -0.3 is 19.7 Å². The molecule has 0 aliphatic carbocycles. The summed E-state index contributed by atoms with van der Waals surface area (Å²) in [7, 11) is 3.58. The van der Waals surface area contributed by atoms with Crippen LogP contribution in [0.2, 0.25) is 0 Å². The van der Waals surface area contributed by atoms with Crippen LogP contribution in [0.1, 0.15) is 32.1 Å². The second-order valence-corrected chi connectivity index (χ2v) is 6.14. The predicted octanol–water partition coefficient (Wildman–Crippen LogP) is 1.03. The molecule has 0 spiro atoms. The molecule has 116 valence electrons. The van der Waals surface area contributed by atoms with Crippen molar-refractivity contribution in [2.24, 2.45) is 5.41 Å². The Labute approximate surface area is 122 Å². The molecule has 0 aromatic rings. The number of methoxy groups -OCH3 is 1. The second kappa shape index (κ2) is 7.38. The number of hydrogen-bond donors (Lipinski definition) is 1. The molecular weight excluding hydrogens is 256 g/mol. The van der Waals surface area contributed by atoms with Gasteiger partial charge in [-0.25, -0.2) is 0 Å². The minimum atomic E-state index is -0.344. The summed E-state index contributed by atoms with van der Waals surface area (Å²) in [6.07, 6.45) is 5.34. The number of amides is 1. The number of rotatable bonds is 5. The summed E-state index contributed by atoms with van der Waals surface area (Å²) >= 11 is 0. The normalized spacial score (nSPS) is 26.2. The first kappa shape index (κ1) is 15.7. The lowest BCUT2D eigenvalue weighted by Crippen LogP contribution is -2.52. The smallest absolute Gasteiger partial charge is 0.231 e. The molecule has 2 aliphatic heterocycles. The van der Waals surface area contributed by atoms with Crippen molar-refractivity contribution in [1.82, 2.24) is 10.2 Å². The Morgan fingerprint density at radius 3 is 2.75 bits per heavy atom. The van der Waals surface area contributed by atoms with Crippen molar-refractivity contribution < 1.29 is 14.3 Å². The Balaban J connectivity index is 1.95. The SMILES string of the molecule is COCC1(C(=O)N(C)CC2CCCCO2)CCNCC1. The van der Waals surface area contributed by atoms with E-state index in [9.17, 15) is 4.79 Å². The van der Waals surface area contributed by atoms with Crippen LogP contribution in [0, 0.1) is 5.41 Å². The van der Waals surface area contributed by atoms with Crippen molar-refractivity contribution in [1.29, 1.82) is 0 Å². The number of ether oxygens (including phenoxy) is 2. The molecule has 2 heterocycles. The molecule has 0 saturated carbocycles. The first-order chi connectivity index (χ1) is 9.68. The predicted molar refractivity (Wildman–Crippen MR) is 77.6 cm³/mol. The Morgan fingerprint density at radius 2 is 2.15 bits per heavy atom. The van der Waals surface area contributed by atoms with Crippen molar-refractivity contribution in [2.45, 2.75) is 38.2 Å². The summed E-state index contributed by atoms with van der Waals surface area (Å²) < 4.78 is 11.1. The van der Waals surface area contributed by atoms with E-state index in [1.54, 1.807) is 7.11 Å². The van der Waals surface area contributed by atoms with Gasteiger partial charge in [0.1, 0.15) is 0 Å². The maximum Gasteiger partial charge on any atom is 0.231 e. The molecule has 1 N–H and O–H groups in total. The Morgan fingerprint density at radius 1 is 1.40 bits per heavy atom. The minimum Gasteiger partial charge on any atom is -0.384 e. The van der Waals surface area contributed by atoms with E-state index >= 15 is 0 Å². The van der Waals surface area contributed by atoms with Crippen LogP contribution in [0.5, 0.6) is 0 Å². The fraction of sp³-hybridized carbons (Fsp3) is 0.933. The zero-order chi connectivity index (χ0) is 14.4. The first-order valence-electron chi connectivity index (χ1n) is 7.75. The summed E-state index contributed by atoms with van der Waals surface area (Å²) in [6.45, 7) is 3.84. The Bertz CT molecular complexity index is 305. The van der Waals surface area contributed by atoms with Crippen molar-refractivity contribution in [3.8, 4) is 0 Å². The average Bonchev–Trinajstić information content (AvgIpc) is 2.48. The van der Waals surface area contributed by atoms with Crippen molar-refractivity contribution >= 4 is 5.91 Å². The largest absolute Gasteiger partial charge is 0.384 e. The Kier molecular flexibility index (Phi) is 5.81. The fourth-order valence-electron chi connectivity index (χ4n) is 3.35. The third-order valence-electron chi connectivity index (χ3n) is 4.53. The van der Waals surface area contributed by atoms with Gasteiger partial charge >= 0.3 is 0 Å². The third-order valence-corrected chi connectivity index (χ3v) is 4.53. The molecule has 0 aromatic heterocycles. The number of carbonyl (C=O) groups excluding carboxylic acids is 1. The number of likely N-dealkylation sites (N-methyl/N-ethyl adjacent to an activating group) is 1. The van der Waals surface area contributed by atoms with E-state index in [1.165, 1.54) is 6.42 Å². The number of nitrogens with zero attached hydrogens (tertiary/aromatic N) is 1. The Hall–Kier alpha value is -0.650. The van der Waals surface area contributed by atoms with Crippen LogP contribution < -0.4 is 5.32 Å². The van der Waals surface area contributed by atoms with Gasteiger partial charge in [-0.15, -0.1) is 0 Å². The number of carbonyl (C=O) groups is 1. The molecule has 0 radical (unpaired) electrons. The highest BCUT2D eigenvalue weighted by atomic mass is 16.5. The van der Waals surface area contributed by atoms with Crippen LogP contribution in [0.25, 0.3) is 0 Å². The molecule has 1 amide bonds.